The monoisotopic (exact) mass is 483 g/mol. The first-order valence-corrected chi connectivity index (χ1v) is 12.1. The molecule has 7 nitrogen and oxygen atoms in total. The van der Waals surface area contributed by atoms with E-state index in [-0.39, 0.29) is 27.3 Å². The molecule has 1 unspecified atom stereocenters. The summed E-state index contributed by atoms with van der Waals surface area (Å²) in [6.07, 6.45) is 6.91. The molecule has 158 valence electrons. The standard InChI is InChI=1S/C19H19Cl2N5O2S2/c1-3-6-23-19(24-7-8-29-11-17-13(2)25-12-26-17)18(10-22)30(27,28)14-4-5-15(20)16(21)9-14/h1,4-5,9,12,18H,6-8,11H2,2H3,(H,23,24)(H,25,26). The third-order valence-corrected chi connectivity index (χ3v) is 7.51. The van der Waals surface area contributed by atoms with Crippen LogP contribution in [0.15, 0.2) is 34.4 Å². The number of benzene rings is 1. The van der Waals surface area contributed by atoms with Gasteiger partial charge in [-0.15, -0.1) is 6.42 Å². The van der Waals surface area contributed by atoms with Crippen LogP contribution in [0.1, 0.15) is 11.4 Å². The van der Waals surface area contributed by atoms with Crippen molar-refractivity contribution in [2.24, 2.45) is 4.99 Å². The highest BCUT2D eigenvalue weighted by Gasteiger charge is 2.32. The molecule has 0 aliphatic heterocycles. The van der Waals surface area contributed by atoms with E-state index in [4.69, 9.17) is 29.6 Å². The van der Waals surface area contributed by atoms with Crippen LogP contribution in [-0.2, 0) is 15.6 Å². The van der Waals surface area contributed by atoms with Gasteiger partial charge in [-0.1, -0.05) is 29.1 Å². The third-order valence-electron chi connectivity index (χ3n) is 3.96. The molecule has 0 bridgehead atoms. The molecule has 0 aliphatic rings. The maximum Gasteiger partial charge on any atom is 0.208 e. The summed E-state index contributed by atoms with van der Waals surface area (Å²) < 4.78 is 26.0. The molecule has 1 atom stereocenters. The molecule has 0 fully saturated rings. The molecule has 2 rings (SSSR count). The number of sulfone groups is 1. The Hall–Kier alpha value is -2.17. The minimum absolute atomic E-state index is 0.00178. The second kappa shape index (κ2) is 11.3. The van der Waals surface area contributed by atoms with E-state index in [1.54, 1.807) is 18.1 Å². The predicted molar refractivity (Wildman–Crippen MR) is 122 cm³/mol. The summed E-state index contributed by atoms with van der Waals surface area (Å²) in [5.74, 6) is 3.66. The molecule has 0 amide bonds. The van der Waals surface area contributed by atoms with Gasteiger partial charge in [-0.2, -0.15) is 17.0 Å². The lowest BCUT2D eigenvalue weighted by atomic mass is 10.4. The number of hydrogen-bond acceptors (Lipinski definition) is 6. The van der Waals surface area contributed by atoms with Crippen LogP contribution in [-0.4, -0.2) is 48.3 Å². The van der Waals surface area contributed by atoms with Gasteiger partial charge in [0.1, 0.15) is 5.84 Å². The van der Waals surface area contributed by atoms with E-state index in [1.807, 2.05) is 13.0 Å². The number of aliphatic imine (C=N–C) groups is 1. The van der Waals surface area contributed by atoms with Crippen LogP contribution in [0.3, 0.4) is 0 Å². The number of aromatic nitrogens is 2. The number of amidine groups is 1. The van der Waals surface area contributed by atoms with E-state index < -0.39 is 15.1 Å². The fourth-order valence-electron chi connectivity index (χ4n) is 2.37. The van der Waals surface area contributed by atoms with E-state index in [0.29, 0.717) is 18.1 Å². The lowest BCUT2D eigenvalue weighted by Crippen LogP contribution is -2.39. The zero-order chi connectivity index (χ0) is 22.1. The molecular formula is C19H19Cl2N5O2S2. The largest absolute Gasteiger partial charge is 0.361 e. The summed E-state index contributed by atoms with van der Waals surface area (Å²) >= 11 is 13.4. The van der Waals surface area contributed by atoms with Crippen molar-refractivity contribution in [3.05, 3.63) is 46.0 Å². The average Bonchev–Trinajstić information content (AvgIpc) is 3.12. The Balaban J connectivity index is 2.16. The molecule has 2 aromatic rings. The number of hydrogen-bond donors (Lipinski definition) is 2. The molecule has 1 heterocycles. The Bertz CT molecular complexity index is 1100. The van der Waals surface area contributed by atoms with E-state index in [1.165, 1.54) is 18.2 Å². The fraction of sp³-hybridized carbons (Fsp3) is 0.316. The smallest absolute Gasteiger partial charge is 0.208 e. The number of terminal acetylenes is 1. The minimum Gasteiger partial charge on any atom is -0.361 e. The number of thioether (sulfide) groups is 1. The number of aromatic amines is 1. The normalized spacial score (nSPS) is 12.8. The van der Waals surface area contributed by atoms with Gasteiger partial charge in [-0.25, -0.2) is 13.4 Å². The minimum atomic E-state index is -4.09. The molecule has 0 aliphatic carbocycles. The highest BCUT2D eigenvalue weighted by atomic mass is 35.5. The molecule has 0 spiro atoms. The highest BCUT2D eigenvalue weighted by Crippen LogP contribution is 2.27. The van der Waals surface area contributed by atoms with E-state index in [2.05, 4.69) is 26.2 Å². The number of nitrogens with zero attached hydrogens (tertiary/aromatic N) is 3. The van der Waals surface area contributed by atoms with Gasteiger partial charge in [-0.3, -0.25) is 4.99 Å². The predicted octanol–water partition coefficient (Wildman–Crippen LogP) is 3.25. The Morgan fingerprint density at radius 1 is 1.43 bits per heavy atom. The van der Waals surface area contributed by atoms with Crippen LogP contribution in [0.2, 0.25) is 10.0 Å². The number of rotatable bonds is 9. The molecule has 30 heavy (non-hydrogen) atoms. The topological polar surface area (TPSA) is 111 Å². The van der Waals surface area contributed by atoms with Gasteiger partial charge in [0.25, 0.3) is 0 Å². The van der Waals surface area contributed by atoms with Gasteiger partial charge >= 0.3 is 0 Å². The Kier molecular flexibility index (Phi) is 9.07. The summed E-state index contributed by atoms with van der Waals surface area (Å²) in [5.41, 5.74) is 1.95. The second-order valence-corrected chi connectivity index (χ2v) is 9.93. The molecule has 2 N–H and O–H groups in total. The maximum absolute atomic E-state index is 13.0. The van der Waals surface area contributed by atoms with Crippen LogP contribution in [0, 0.1) is 30.6 Å². The zero-order valence-corrected chi connectivity index (χ0v) is 19.2. The first-order chi connectivity index (χ1) is 14.3. The summed E-state index contributed by atoms with van der Waals surface area (Å²) in [5, 5.41) is 11.1. The Labute approximate surface area is 190 Å². The van der Waals surface area contributed by atoms with Crippen LogP contribution in [0.5, 0.6) is 0 Å². The van der Waals surface area contributed by atoms with Gasteiger partial charge in [0.05, 0.1) is 46.1 Å². The number of nitrogens with one attached hydrogen (secondary N) is 2. The van der Waals surface area contributed by atoms with Crippen molar-refractivity contribution in [1.82, 2.24) is 15.3 Å². The summed E-state index contributed by atoms with van der Waals surface area (Å²) in [6, 6.07) is 5.69. The van der Waals surface area contributed by atoms with Crippen molar-refractivity contribution in [3.63, 3.8) is 0 Å². The molecule has 0 saturated carbocycles. The first kappa shape index (κ1) is 24.1. The number of nitriles is 1. The summed E-state index contributed by atoms with van der Waals surface area (Å²) in [6.45, 7) is 2.28. The van der Waals surface area contributed by atoms with Gasteiger partial charge in [0.2, 0.25) is 15.1 Å². The average molecular weight is 484 g/mol. The quantitative estimate of drug-likeness (QED) is 0.245. The van der Waals surface area contributed by atoms with Gasteiger partial charge < -0.3 is 10.3 Å². The Morgan fingerprint density at radius 3 is 2.80 bits per heavy atom. The molecule has 0 radical (unpaired) electrons. The SMILES string of the molecule is C#CCNC(=NCCSCc1nc[nH]c1C)C(C#N)S(=O)(=O)c1ccc(Cl)c(Cl)c1. The van der Waals surface area contributed by atoms with Crippen LogP contribution in [0.4, 0.5) is 0 Å². The second-order valence-electron chi connectivity index (χ2n) is 5.98. The number of H-pyrrole nitrogens is 1. The number of imidazole rings is 1. The number of halogens is 2. The van der Waals surface area contributed by atoms with Crippen molar-refractivity contribution >= 4 is 50.6 Å². The van der Waals surface area contributed by atoms with E-state index >= 15 is 0 Å². The zero-order valence-electron chi connectivity index (χ0n) is 16.0. The maximum atomic E-state index is 13.0. The van der Waals surface area contributed by atoms with Crippen LogP contribution in [0.25, 0.3) is 0 Å². The lowest BCUT2D eigenvalue weighted by molar-refractivity contribution is 0.595. The highest BCUT2D eigenvalue weighted by molar-refractivity contribution is 7.98. The molecule has 1 aromatic heterocycles. The fourth-order valence-corrected chi connectivity index (χ4v) is 4.99. The van der Waals surface area contributed by atoms with Crippen LogP contribution < -0.4 is 5.32 Å². The molecule has 1 aromatic carbocycles. The summed E-state index contributed by atoms with van der Waals surface area (Å²) in [4.78, 5) is 11.4. The van der Waals surface area contributed by atoms with Crippen molar-refractivity contribution in [2.45, 2.75) is 22.8 Å². The van der Waals surface area contributed by atoms with Crippen LogP contribution >= 0.6 is 35.0 Å². The molecule has 0 saturated heterocycles. The third kappa shape index (κ3) is 6.16. The first-order valence-electron chi connectivity index (χ1n) is 8.68. The van der Waals surface area contributed by atoms with Crippen molar-refractivity contribution in [2.75, 3.05) is 18.8 Å². The van der Waals surface area contributed by atoms with Crippen molar-refractivity contribution in [3.8, 4) is 18.4 Å². The molecular weight excluding hydrogens is 465 g/mol. The van der Waals surface area contributed by atoms with Crippen molar-refractivity contribution < 1.29 is 8.42 Å². The molecule has 11 heteroatoms. The van der Waals surface area contributed by atoms with Gasteiger partial charge in [0, 0.05) is 17.2 Å². The van der Waals surface area contributed by atoms with Gasteiger partial charge in [0.15, 0.2) is 0 Å². The number of aryl methyl sites for hydroxylation is 1. The van der Waals surface area contributed by atoms with E-state index in [0.717, 1.165) is 11.4 Å². The van der Waals surface area contributed by atoms with Gasteiger partial charge in [-0.05, 0) is 25.1 Å². The summed E-state index contributed by atoms with van der Waals surface area (Å²) in [7, 11) is -4.09. The van der Waals surface area contributed by atoms with Crippen molar-refractivity contribution in [1.29, 1.82) is 5.26 Å². The Morgan fingerprint density at radius 2 is 2.20 bits per heavy atom. The lowest BCUT2D eigenvalue weighted by Gasteiger charge is -2.15. The van der Waals surface area contributed by atoms with E-state index in [9.17, 15) is 13.7 Å².